The predicted molar refractivity (Wildman–Crippen MR) is 93.7 cm³/mol. The second kappa shape index (κ2) is 8.71. The Hall–Kier alpha value is -2.04. The summed E-state index contributed by atoms with van der Waals surface area (Å²) in [6.45, 7) is 7.47. The van der Waals surface area contributed by atoms with Crippen LogP contribution in [0.3, 0.4) is 0 Å². The fourth-order valence-electron chi connectivity index (χ4n) is 2.64. The van der Waals surface area contributed by atoms with E-state index in [0.29, 0.717) is 25.3 Å². The van der Waals surface area contributed by atoms with Crippen molar-refractivity contribution in [2.75, 3.05) is 13.2 Å². The van der Waals surface area contributed by atoms with Crippen molar-refractivity contribution in [3.8, 4) is 5.75 Å². The van der Waals surface area contributed by atoms with Gasteiger partial charge in [-0.25, -0.2) is 0 Å². The first kappa shape index (κ1) is 18.3. The van der Waals surface area contributed by atoms with E-state index in [2.05, 4.69) is 24.5 Å². The minimum atomic E-state index is -0.135. The molecule has 0 bridgehead atoms. The van der Waals surface area contributed by atoms with Crippen molar-refractivity contribution in [2.24, 2.45) is 11.8 Å². The second-order valence-corrected chi connectivity index (χ2v) is 6.87. The Morgan fingerprint density at radius 3 is 2.58 bits per heavy atom. The van der Waals surface area contributed by atoms with Crippen molar-refractivity contribution in [3.63, 3.8) is 0 Å². The number of nitrogens with one attached hydrogen (secondary N) is 2. The SMILES string of the molecule is CC(C)CCOc1ccc([C@@H](C)NC(=O)[C@@H]2CCC(=O)NC2)cc1. The van der Waals surface area contributed by atoms with Gasteiger partial charge in [-0.3, -0.25) is 9.59 Å². The zero-order valence-corrected chi connectivity index (χ0v) is 14.8. The number of hydrogen-bond acceptors (Lipinski definition) is 3. The van der Waals surface area contributed by atoms with Crippen molar-refractivity contribution in [3.05, 3.63) is 29.8 Å². The van der Waals surface area contributed by atoms with Gasteiger partial charge in [-0.2, -0.15) is 0 Å². The highest BCUT2D eigenvalue weighted by Gasteiger charge is 2.25. The van der Waals surface area contributed by atoms with Crippen LogP contribution < -0.4 is 15.4 Å². The minimum Gasteiger partial charge on any atom is -0.494 e. The van der Waals surface area contributed by atoms with E-state index in [0.717, 1.165) is 24.3 Å². The van der Waals surface area contributed by atoms with E-state index < -0.39 is 0 Å². The predicted octanol–water partition coefficient (Wildman–Crippen LogP) is 2.81. The molecule has 2 atom stereocenters. The van der Waals surface area contributed by atoms with Gasteiger partial charge in [0.2, 0.25) is 11.8 Å². The lowest BCUT2D eigenvalue weighted by Crippen LogP contribution is -2.43. The average molecular weight is 332 g/mol. The third-order valence-electron chi connectivity index (χ3n) is 4.34. The summed E-state index contributed by atoms with van der Waals surface area (Å²) in [5.41, 5.74) is 1.04. The van der Waals surface area contributed by atoms with Gasteiger partial charge in [-0.05, 0) is 43.4 Å². The first-order chi connectivity index (χ1) is 11.5. The van der Waals surface area contributed by atoms with Crippen LogP contribution in [0.1, 0.15) is 51.6 Å². The lowest BCUT2D eigenvalue weighted by Gasteiger charge is -2.24. The van der Waals surface area contributed by atoms with Gasteiger partial charge >= 0.3 is 0 Å². The van der Waals surface area contributed by atoms with E-state index in [4.69, 9.17) is 4.74 Å². The molecule has 0 aromatic heterocycles. The standard InChI is InChI=1S/C19H28N2O3/c1-13(2)10-11-24-17-7-4-15(5-8-17)14(3)21-19(23)16-6-9-18(22)20-12-16/h4-5,7-8,13-14,16H,6,9-12H2,1-3H3,(H,20,22)(H,21,23)/t14-,16-/m1/s1. The maximum absolute atomic E-state index is 12.3. The quantitative estimate of drug-likeness (QED) is 0.807. The Morgan fingerprint density at radius 2 is 2.00 bits per heavy atom. The molecule has 0 unspecified atom stereocenters. The fourth-order valence-corrected chi connectivity index (χ4v) is 2.64. The van der Waals surface area contributed by atoms with E-state index in [9.17, 15) is 9.59 Å². The van der Waals surface area contributed by atoms with Crippen LogP contribution in [0, 0.1) is 11.8 Å². The second-order valence-electron chi connectivity index (χ2n) is 6.87. The largest absolute Gasteiger partial charge is 0.494 e. The maximum atomic E-state index is 12.3. The van der Waals surface area contributed by atoms with Crippen molar-refractivity contribution in [2.45, 2.75) is 46.1 Å². The number of amides is 2. The van der Waals surface area contributed by atoms with Crippen LogP contribution in [0.5, 0.6) is 5.75 Å². The number of piperidine rings is 1. The lowest BCUT2D eigenvalue weighted by atomic mass is 9.97. The normalized spacial score (nSPS) is 18.8. The molecule has 1 heterocycles. The van der Waals surface area contributed by atoms with E-state index >= 15 is 0 Å². The zero-order valence-electron chi connectivity index (χ0n) is 14.8. The van der Waals surface area contributed by atoms with Crippen LogP contribution >= 0.6 is 0 Å². The summed E-state index contributed by atoms with van der Waals surface area (Å²) >= 11 is 0. The van der Waals surface area contributed by atoms with Crippen molar-refractivity contribution in [1.29, 1.82) is 0 Å². The van der Waals surface area contributed by atoms with Gasteiger partial charge in [-0.1, -0.05) is 26.0 Å². The number of carbonyl (C=O) groups excluding carboxylic acids is 2. The molecule has 1 aromatic rings. The molecule has 0 spiro atoms. The molecule has 1 fully saturated rings. The number of ether oxygens (including phenoxy) is 1. The van der Waals surface area contributed by atoms with Gasteiger partial charge in [0.1, 0.15) is 5.75 Å². The van der Waals surface area contributed by atoms with Crippen molar-refractivity contribution < 1.29 is 14.3 Å². The summed E-state index contributed by atoms with van der Waals surface area (Å²) in [5.74, 6) is 1.38. The van der Waals surface area contributed by atoms with E-state index in [-0.39, 0.29) is 23.8 Å². The lowest BCUT2D eigenvalue weighted by molar-refractivity contribution is -0.129. The van der Waals surface area contributed by atoms with E-state index in [1.165, 1.54) is 0 Å². The molecule has 1 aromatic carbocycles. The highest BCUT2D eigenvalue weighted by molar-refractivity contribution is 5.83. The van der Waals surface area contributed by atoms with Crippen LogP contribution in [0.4, 0.5) is 0 Å². The number of benzene rings is 1. The Labute approximate surface area is 144 Å². The molecule has 2 rings (SSSR count). The van der Waals surface area contributed by atoms with Gasteiger partial charge in [0.25, 0.3) is 0 Å². The average Bonchev–Trinajstić information content (AvgIpc) is 2.55. The van der Waals surface area contributed by atoms with Gasteiger partial charge in [-0.15, -0.1) is 0 Å². The number of hydrogen-bond donors (Lipinski definition) is 2. The molecule has 2 amide bonds. The minimum absolute atomic E-state index is 0.000222. The third kappa shape index (κ3) is 5.55. The molecule has 24 heavy (non-hydrogen) atoms. The van der Waals surface area contributed by atoms with Gasteiger partial charge in [0.15, 0.2) is 0 Å². The first-order valence-electron chi connectivity index (χ1n) is 8.75. The van der Waals surface area contributed by atoms with Crippen LogP contribution in [0.2, 0.25) is 0 Å². The molecular formula is C19H28N2O3. The van der Waals surface area contributed by atoms with Crippen LogP contribution in [-0.4, -0.2) is 25.0 Å². The molecule has 132 valence electrons. The molecule has 1 aliphatic heterocycles. The van der Waals surface area contributed by atoms with Crippen LogP contribution in [0.15, 0.2) is 24.3 Å². The molecule has 0 aliphatic carbocycles. The highest BCUT2D eigenvalue weighted by Crippen LogP contribution is 2.19. The molecule has 5 nitrogen and oxygen atoms in total. The molecule has 2 N–H and O–H groups in total. The van der Waals surface area contributed by atoms with Crippen molar-refractivity contribution in [1.82, 2.24) is 10.6 Å². The summed E-state index contributed by atoms with van der Waals surface area (Å²) in [5, 5.41) is 5.77. The number of carbonyl (C=O) groups is 2. The summed E-state index contributed by atoms with van der Waals surface area (Å²) < 4.78 is 5.71. The topological polar surface area (TPSA) is 67.4 Å². The summed E-state index contributed by atoms with van der Waals surface area (Å²) in [6, 6.07) is 7.79. The molecule has 1 aliphatic rings. The van der Waals surface area contributed by atoms with Crippen LogP contribution in [-0.2, 0) is 9.59 Å². The van der Waals surface area contributed by atoms with E-state index in [1.807, 2.05) is 31.2 Å². The Morgan fingerprint density at radius 1 is 1.29 bits per heavy atom. The Balaban J connectivity index is 1.82. The van der Waals surface area contributed by atoms with E-state index in [1.54, 1.807) is 0 Å². The Bertz CT molecular complexity index is 544. The van der Waals surface area contributed by atoms with Crippen molar-refractivity contribution >= 4 is 11.8 Å². The zero-order chi connectivity index (χ0) is 17.5. The van der Waals surface area contributed by atoms with Gasteiger partial charge in [0, 0.05) is 13.0 Å². The van der Waals surface area contributed by atoms with Gasteiger partial charge in [0.05, 0.1) is 18.6 Å². The maximum Gasteiger partial charge on any atom is 0.225 e. The summed E-state index contributed by atoms with van der Waals surface area (Å²) in [6.07, 6.45) is 2.08. The number of rotatable bonds is 7. The molecule has 0 saturated carbocycles. The Kier molecular flexibility index (Phi) is 6.64. The smallest absolute Gasteiger partial charge is 0.225 e. The van der Waals surface area contributed by atoms with Crippen LogP contribution in [0.25, 0.3) is 0 Å². The first-order valence-corrected chi connectivity index (χ1v) is 8.75. The molecular weight excluding hydrogens is 304 g/mol. The highest BCUT2D eigenvalue weighted by atomic mass is 16.5. The summed E-state index contributed by atoms with van der Waals surface area (Å²) in [7, 11) is 0. The summed E-state index contributed by atoms with van der Waals surface area (Å²) in [4.78, 5) is 23.4. The monoisotopic (exact) mass is 332 g/mol. The molecule has 0 radical (unpaired) electrons. The fraction of sp³-hybridized carbons (Fsp3) is 0.579. The third-order valence-corrected chi connectivity index (χ3v) is 4.34. The van der Waals surface area contributed by atoms with Gasteiger partial charge < -0.3 is 15.4 Å². The molecule has 1 saturated heterocycles. The molecule has 5 heteroatoms.